The topological polar surface area (TPSA) is 63.9 Å². The van der Waals surface area contributed by atoms with Crippen molar-refractivity contribution >= 4 is 11.7 Å². The van der Waals surface area contributed by atoms with Crippen molar-refractivity contribution in [1.29, 1.82) is 0 Å². The van der Waals surface area contributed by atoms with Crippen molar-refractivity contribution in [2.75, 3.05) is 5.32 Å². The van der Waals surface area contributed by atoms with Crippen LogP contribution >= 0.6 is 0 Å². The minimum atomic E-state index is -0.373. The van der Waals surface area contributed by atoms with Crippen molar-refractivity contribution in [1.82, 2.24) is 19.7 Å². The summed E-state index contributed by atoms with van der Waals surface area (Å²) in [5.74, 6) is 0.511. The molecule has 0 unspecified atom stereocenters. The van der Waals surface area contributed by atoms with E-state index in [2.05, 4.69) is 10.6 Å². The molecule has 0 aliphatic heterocycles. The van der Waals surface area contributed by atoms with Gasteiger partial charge in [-0.3, -0.25) is 0 Å². The number of urea groups is 1. The van der Waals surface area contributed by atoms with Gasteiger partial charge < -0.3 is 15.2 Å². The van der Waals surface area contributed by atoms with E-state index >= 15 is 0 Å². The Labute approximate surface area is 167 Å². The maximum absolute atomic E-state index is 13.0. The van der Waals surface area contributed by atoms with Crippen molar-refractivity contribution in [3.8, 4) is 11.5 Å². The first-order valence-corrected chi connectivity index (χ1v) is 9.19. The molecule has 0 bridgehead atoms. The Balaban J connectivity index is 1.59. The highest BCUT2D eigenvalue weighted by atomic mass is 19.1. The quantitative estimate of drug-likeness (QED) is 0.530. The minimum Gasteiger partial charge on any atom is -0.334 e. The molecule has 0 radical (unpaired) electrons. The molecule has 7 heteroatoms. The van der Waals surface area contributed by atoms with E-state index in [4.69, 9.17) is 5.10 Å². The molecule has 2 amide bonds. The molecule has 4 rings (SSSR count). The number of nitrogens with one attached hydrogen (secondary N) is 2. The van der Waals surface area contributed by atoms with Crippen molar-refractivity contribution in [3.05, 3.63) is 96.2 Å². The van der Waals surface area contributed by atoms with Gasteiger partial charge in [-0.25, -0.2) is 13.9 Å². The molecule has 146 valence electrons. The first-order valence-electron chi connectivity index (χ1n) is 9.19. The summed E-state index contributed by atoms with van der Waals surface area (Å²) < 4.78 is 16.9. The number of aryl methyl sites for hydroxylation is 1. The van der Waals surface area contributed by atoms with E-state index in [0.717, 1.165) is 22.8 Å². The normalized spacial score (nSPS) is 10.7. The van der Waals surface area contributed by atoms with Crippen molar-refractivity contribution in [2.24, 2.45) is 0 Å². The van der Waals surface area contributed by atoms with Crippen LogP contribution in [0.4, 0.5) is 14.9 Å². The largest absolute Gasteiger partial charge is 0.334 e. The van der Waals surface area contributed by atoms with Gasteiger partial charge in [0.05, 0.1) is 17.9 Å². The number of hydrogen-bond acceptors (Lipinski definition) is 2. The highest BCUT2D eigenvalue weighted by molar-refractivity contribution is 5.89. The number of para-hydroxylation sites is 1. The average Bonchev–Trinajstić information content (AvgIpc) is 3.36. The number of anilines is 1. The van der Waals surface area contributed by atoms with Crippen LogP contribution in [0, 0.1) is 12.7 Å². The number of rotatable bonds is 5. The Morgan fingerprint density at radius 1 is 1.00 bits per heavy atom. The highest BCUT2D eigenvalue weighted by Crippen LogP contribution is 2.23. The first-order chi connectivity index (χ1) is 14.1. The number of aromatic nitrogens is 3. The van der Waals surface area contributed by atoms with E-state index in [1.165, 1.54) is 24.3 Å². The zero-order valence-corrected chi connectivity index (χ0v) is 15.8. The van der Waals surface area contributed by atoms with Crippen LogP contribution in [0.1, 0.15) is 11.3 Å². The Hall–Kier alpha value is -3.87. The lowest BCUT2D eigenvalue weighted by atomic mass is 10.2. The zero-order chi connectivity index (χ0) is 20.2. The molecular formula is C22H20FN5O. The molecule has 29 heavy (non-hydrogen) atoms. The molecule has 0 aliphatic carbocycles. The molecule has 2 heterocycles. The van der Waals surface area contributed by atoms with Crippen LogP contribution in [0.2, 0.25) is 0 Å². The van der Waals surface area contributed by atoms with Crippen LogP contribution < -0.4 is 10.6 Å². The van der Waals surface area contributed by atoms with Crippen LogP contribution in [0.15, 0.2) is 79.1 Å². The molecule has 4 aromatic rings. The summed E-state index contributed by atoms with van der Waals surface area (Å²) >= 11 is 0. The first kappa shape index (κ1) is 18.5. The van der Waals surface area contributed by atoms with Crippen molar-refractivity contribution < 1.29 is 9.18 Å². The van der Waals surface area contributed by atoms with Gasteiger partial charge in [-0.1, -0.05) is 18.2 Å². The molecule has 2 N–H and O–H groups in total. The summed E-state index contributed by atoms with van der Waals surface area (Å²) in [5.41, 5.74) is 3.17. The Morgan fingerprint density at radius 3 is 2.38 bits per heavy atom. The van der Waals surface area contributed by atoms with E-state index in [-0.39, 0.29) is 11.8 Å². The lowest BCUT2D eigenvalue weighted by Crippen LogP contribution is -2.28. The summed E-state index contributed by atoms with van der Waals surface area (Å²) in [6, 6.07) is 19.0. The minimum absolute atomic E-state index is 0.291. The summed E-state index contributed by atoms with van der Waals surface area (Å²) in [6.45, 7) is 2.21. The van der Waals surface area contributed by atoms with Gasteiger partial charge in [0.1, 0.15) is 11.6 Å². The SMILES string of the molecule is Cc1nn(-c2ccccc2)c(-n2cccc2)c1CNC(=O)Nc1ccc(F)cc1. The number of nitrogens with zero attached hydrogens (tertiary/aromatic N) is 3. The fourth-order valence-electron chi connectivity index (χ4n) is 3.12. The van der Waals surface area contributed by atoms with Gasteiger partial charge in [0.2, 0.25) is 0 Å². The number of halogens is 1. The number of benzene rings is 2. The molecule has 0 atom stereocenters. The van der Waals surface area contributed by atoms with Gasteiger partial charge in [-0.15, -0.1) is 0 Å². The monoisotopic (exact) mass is 389 g/mol. The fraction of sp³-hybridized carbons (Fsp3) is 0.0909. The van der Waals surface area contributed by atoms with Gasteiger partial charge in [-0.05, 0) is 55.5 Å². The van der Waals surface area contributed by atoms with Gasteiger partial charge in [-0.2, -0.15) is 5.10 Å². The third kappa shape index (κ3) is 4.03. The third-order valence-corrected chi connectivity index (χ3v) is 4.53. The molecule has 0 saturated carbocycles. The van der Waals surface area contributed by atoms with E-state index in [0.29, 0.717) is 12.2 Å². The molecule has 0 fully saturated rings. The average molecular weight is 389 g/mol. The van der Waals surface area contributed by atoms with Crippen LogP contribution in [0.5, 0.6) is 0 Å². The lowest BCUT2D eigenvalue weighted by molar-refractivity contribution is 0.251. The molecule has 2 aromatic heterocycles. The number of carbonyl (C=O) groups is 1. The molecule has 2 aromatic carbocycles. The van der Waals surface area contributed by atoms with E-state index < -0.39 is 0 Å². The number of carbonyl (C=O) groups excluding carboxylic acids is 1. The Bertz CT molecular complexity index is 1100. The lowest BCUT2D eigenvalue weighted by Gasteiger charge is -2.12. The second-order valence-electron chi connectivity index (χ2n) is 6.54. The second kappa shape index (κ2) is 8.02. The van der Waals surface area contributed by atoms with Crippen LogP contribution in [-0.4, -0.2) is 20.4 Å². The molecule has 0 saturated heterocycles. The third-order valence-electron chi connectivity index (χ3n) is 4.53. The van der Waals surface area contributed by atoms with Crippen LogP contribution in [-0.2, 0) is 6.54 Å². The molecule has 0 aliphatic rings. The molecule has 0 spiro atoms. The fourth-order valence-corrected chi connectivity index (χ4v) is 3.12. The van der Waals surface area contributed by atoms with E-state index in [1.54, 1.807) is 0 Å². The highest BCUT2D eigenvalue weighted by Gasteiger charge is 2.18. The molecular weight excluding hydrogens is 369 g/mol. The Morgan fingerprint density at radius 2 is 1.69 bits per heavy atom. The maximum Gasteiger partial charge on any atom is 0.319 e. The van der Waals surface area contributed by atoms with Gasteiger partial charge in [0.25, 0.3) is 0 Å². The van der Waals surface area contributed by atoms with Gasteiger partial charge in [0.15, 0.2) is 0 Å². The van der Waals surface area contributed by atoms with Gasteiger partial charge in [0, 0.05) is 23.6 Å². The van der Waals surface area contributed by atoms with Crippen LogP contribution in [0.3, 0.4) is 0 Å². The standard InChI is InChI=1S/C22H20FN5O/c1-16-20(15-24-22(29)25-18-11-9-17(23)10-12-18)21(27-13-5-6-14-27)28(26-16)19-7-3-2-4-8-19/h2-14H,15H2,1H3,(H2,24,25,29). The summed E-state index contributed by atoms with van der Waals surface area (Å²) in [6.07, 6.45) is 3.88. The second-order valence-corrected chi connectivity index (χ2v) is 6.54. The predicted molar refractivity (Wildman–Crippen MR) is 110 cm³/mol. The predicted octanol–water partition coefficient (Wildman–Crippen LogP) is 4.43. The Kier molecular flexibility index (Phi) is 5.11. The van der Waals surface area contributed by atoms with Gasteiger partial charge >= 0.3 is 6.03 Å². The summed E-state index contributed by atoms with van der Waals surface area (Å²) in [7, 11) is 0. The zero-order valence-electron chi connectivity index (χ0n) is 15.8. The number of amides is 2. The smallest absolute Gasteiger partial charge is 0.319 e. The maximum atomic E-state index is 13.0. The van der Waals surface area contributed by atoms with E-state index in [1.807, 2.05) is 71.0 Å². The van der Waals surface area contributed by atoms with Crippen molar-refractivity contribution in [3.63, 3.8) is 0 Å². The van der Waals surface area contributed by atoms with Crippen LogP contribution in [0.25, 0.3) is 11.5 Å². The summed E-state index contributed by atoms with van der Waals surface area (Å²) in [4.78, 5) is 12.3. The number of hydrogen-bond donors (Lipinski definition) is 2. The summed E-state index contributed by atoms with van der Waals surface area (Å²) in [5, 5.41) is 10.3. The molecule has 6 nitrogen and oxygen atoms in total. The van der Waals surface area contributed by atoms with E-state index in [9.17, 15) is 9.18 Å². The van der Waals surface area contributed by atoms with Crippen molar-refractivity contribution in [2.45, 2.75) is 13.5 Å².